The maximum absolute atomic E-state index is 16.4. The van der Waals surface area contributed by atoms with Crippen LogP contribution in [0.15, 0.2) is 61.1 Å². The molecule has 40 heavy (non-hydrogen) atoms. The number of piperidine rings is 1. The SMILES string of the molecule is [C-]#[N+]c1cnccc1-c1ccc(CC(=O)c2ccnc(-c3c(F)cccc3OC)n2)c(N2C[C@H]3CC[C@@H]2C3)c1F. The number of halogens is 2. The normalized spacial score (nSPS) is 17.6. The fourth-order valence-electron chi connectivity index (χ4n) is 5.96. The van der Waals surface area contributed by atoms with Crippen LogP contribution in [0.5, 0.6) is 5.75 Å². The third-order valence-corrected chi connectivity index (χ3v) is 7.82. The number of rotatable bonds is 7. The summed E-state index contributed by atoms with van der Waals surface area (Å²) >= 11 is 0. The third kappa shape index (κ3) is 4.45. The number of anilines is 1. The maximum atomic E-state index is 16.4. The van der Waals surface area contributed by atoms with Gasteiger partial charge < -0.3 is 9.64 Å². The minimum absolute atomic E-state index is 0.0313. The predicted octanol–water partition coefficient (Wildman–Crippen LogP) is 6.46. The summed E-state index contributed by atoms with van der Waals surface area (Å²) in [6.45, 7) is 8.23. The Kier molecular flexibility index (Phi) is 6.68. The first kappa shape index (κ1) is 25.6. The van der Waals surface area contributed by atoms with Gasteiger partial charge in [-0.1, -0.05) is 18.2 Å². The van der Waals surface area contributed by atoms with Crippen LogP contribution in [0.4, 0.5) is 20.2 Å². The Morgan fingerprint density at radius 3 is 2.75 bits per heavy atom. The monoisotopic (exact) mass is 537 g/mol. The molecular weight excluding hydrogens is 512 g/mol. The molecule has 3 heterocycles. The fourth-order valence-corrected chi connectivity index (χ4v) is 5.96. The van der Waals surface area contributed by atoms with Gasteiger partial charge in [0, 0.05) is 43.2 Å². The van der Waals surface area contributed by atoms with E-state index >= 15 is 4.39 Å². The minimum Gasteiger partial charge on any atom is -0.496 e. The third-order valence-electron chi connectivity index (χ3n) is 7.82. The number of carbonyl (C=O) groups excluding carboxylic acids is 1. The zero-order valence-electron chi connectivity index (χ0n) is 21.8. The fraction of sp³-hybridized carbons (Fsp3) is 0.258. The molecule has 2 fully saturated rings. The lowest BCUT2D eigenvalue weighted by atomic mass is 9.96. The van der Waals surface area contributed by atoms with E-state index in [9.17, 15) is 9.18 Å². The molecule has 1 aliphatic carbocycles. The highest BCUT2D eigenvalue weighted by molar-refractivity contribution is 5.97. The van der Waals surface area contributed by atoms with Crippen LogP contribution in [0.2, 0.25) is 0 Å². The maximum Gasteiger partial charge on any atom is 0.212 e. The molecule has 0 radical (unpaired) electrons. The Morgan fingerprint density at radius 1 is 1.12 bits per heavy atom. The molecule has 9 heteroatoms. The number of nitrogens with zero attached hydrogens (tertiary/aromatic N) is 5. The van der Waals surface area contributed by atoms with Crippen LogP contribution in [0.25, 0.3) is 27.4 Å². The van der Waals surface area contributed by atoms with Crippen molar-refractivity contribution >= 4 is 17.2 Å². The Bertz CT molecular complexity index is 1670. The molecule has 1 saturated heterocycles. The number of fused-ring (bicyclic) bond motifs is 2. The van der Waals surface area contributed by atoms with Gasteiger partial charge in [0.1, 0.15) is 17.3 Å². The number of carbonyl (C=O) groups is 1. The smallest absolute Gasteiger partial charge is 0.212 e. The summed E-state index contributed by atoms with van der Waals surface area (Å²) < 4.78 is 36.4. The molecule has 2 atom stereocenters. The first-order valence-corrected chi connectivity index (χ1v) is 13.1. The number of pyridine rings is 1. The summed E-state index contributed by atoms with van der Waals surface area (Å²) in [6.07, 6.45) is 7.36. The molecule has 1 saturated carbocycles. The molecule has 200 valence electrons. The Balaban J connectivity index is 1.39. The zero-order chi connectivity index (χ0) is 27.8. The van der Waals surface area contributed by atoms with E-state index in [-0.39, 0.29) is 46.8 Å². The van der Waals surface area contributed by atoms with Crippen molar-refractivity contribution in [3.63, 3.8) is 0 Å². The van der Waals surface area contributed by atoms with Gasteiger partial charge in [-0.2, -0.15) is 0 Å². The molecule has 0 unspecified atom stereocenters. The second-order valence-electron chi connectivity index (χ2n) is 10.1. The Labute approximate surface area is 230 Å². The zero-order valence-corrected chi connectivity index (χ0v) is 21.8. The summed E-state index contributed by atoms with van der Waals surface area (Å²) in [5.41, 5.74) is 2.13. The molecule has 0 N–H and O–H groups in total. The van der Waals surface area contributed by atoms with Crippen LogP contribution in [0.1, 0.15) is 35.3 Å². The van der Waals surface area contributed by atoms with Gasteiger partial charge in [0.15, 0.2) is 17.4 Å². The summed E-state index contributed by atoms with van der Waals surface area (Å²) in [7, 11) is 1.42. The molecule has 7 nitrogen and oxygen atoms in total. The van der Waals surface area contributed by atoms with Gasteiger partial charge in [-0.25, -0.2) is 23.6 Å². The van der Waals surface area contributed by atoms with E-state index in [1.54, 1.807) is 24.3 Å². The van der Waals surface area contributed by atoms with Gasteiger partial charge >= 0.3 is 0 Å². The number of ketones is 1. The number of aromatic nitrogens is 3. The lowest BCUT2D eigenvalue weighted by molar-refractivity contribution is 0.0988. The van der Waals surface area contributed by atoms with Gasteiger partial charge in [0.2, 0.25) is 5.69 Å². The average Bonchev–Trinajstić information content (AvgIpc) is 3.61. The van der Waals surface area contributed by atoms with E-state index in [0.717, 1.165) is 25.8 Å². The van der Waals surface area contributed by atoms with E-state index in [1.807, 2.05) is 0 Å². The quantitative estimate of drug-likeness (QED) is 0.199. The van der Waals surface area contributed by atoms with Crippen LogP contribution in [-0.4, -0.2) is 40.4 Å². The van der Waals surface area contributed by atoms with E-state index in [4.69, 9.17) is 11.3 Å². The summed E-state index contributed by atoms with van der Waals surface area (Å²) in [4.78, 5) is 31.7. The highest BCUT2D eigenvalue weighted by atomic mass is 19.1. The van der Waals surface area contributed by atoms with Crippen molar-refractivity contribution in [2.45, 2.75) is 31.7 Å². The highest BCUT2D eigenvalue weighted by Crippen LogP contribution is 2.45. The number of benzene rings is 2. The van der Waals surface area contributed by atoms with Gasteiger partial charge in [0.25, 0.3) is 0 Å². The lowest BCUT2D eigenvalue weighted by Gasteiger charge is -2.32. The van der Waals surface area contributed by atoms with Crippen molar-refractivity contribution in [3.05, 3.63) is 95.4 Å². The Hall–Kier alpha value is -4.71. The first-order chi connectivity index (χ1) is 19.5. The lowest BCUT2D eigenvalue weighted by Crippen LogP contribution is -2.33. The van der Waals surface area contributed by atoms with E-state index in [0.29, 0.717) is 28.3 Å². The van der Waals surface area contributed by atoms with Gasteiger partial charge in [-0.3, -0.25) is 9.78 Å². The molecule has 2 aliphatic rings. The van der Waals surface area contributed by atoms with Gasteiger partial charge in [-0.15, -0.1) is 0 Å². The van der Waals surface area contributed by atoms with E-state index < -0.39 is 11.6 Å². The van der Waals surface area contributed by atoms with Crippen LogP contribution in [0.3, 0.4) is 0 Å². The van der Waals surface area contributed by atoms with Crippen molar-refractivity contribution in [1.29, 1.82) is 0 Å². The van der Waals surface area contributed by atoms with Crippen molar-refractivity contribution in [3.8, 4) is 28.3 Å². The second kappa shape index (κ2) is 10.5. The molecule has 4 aromatic rings. The molecular formula is C31H25F2N5O2. The van der Waals surface area contributed by atoms with Gasteiger partial charge in [-0.05, 0) is 60.6 Å². The molecule has 0 amide bonds. The number of methoxy groups -OCH3 is 1. The topological polar surface area (TPSA) is 72.6 Å². The highest BCUT2D eigenvalue weighted by Gasteiger charge is 2.40. The van der Waals surface area contributed by atoms with Crippen molar-refractivity contribution in [2.75, 3.05) is 18.6 Å². The summed E-state index contributed by atoms with van der Waals surface area (Å²) in [6, 6.07) is 11.1. The molecule has 2 aromatic carbocycles. The number of Topliss-reactive ketones (excluding diaryl/α,β-unsaturated/α-hetero) is 1. The molecule has 2 bridgehead atoms. The van der Waals surface area contributed by atoms with Crippen LogP contribution in [-0.2, 0) is 6.42 Å². The standard InChI is InChI=1S/C31H25F2N5O2/c1-34-25-16-35-12-10-21(25)22-9-7-19(30(29(22)33)38-17-18-6-8-20(38)14-18)15-26(39)24-11-13-36-31(37-24)28-23(32)4-3-5-27(28)40-2/h3-5,7,9-13,16,18,20H,6,8,14-15,17H2,2H3/t18-,20+/m0/s1. The van der Waals surface area contributed by atoms with Crippen LogP contribution < -0.4 is 9.64 Å². The number of hydrogen-bond donors (Lipinski definition) is 0. The number of ether oxygens (including phenoxy) is 1. The first-order valence-electron chi connectivity index (χ1n) is 13.1. The second-order valence-corrected chi connectivity index (χ2v) is 10.1. The van der Waals surface area contributed by atoms with E-state index in [2.05, 4.69) is 24.7 Å². The van der Waals surface area contributed by atoms with Crippen LogP contribution >= 0.6 is 0 Å². The summed E-state index contributed by atoms with van der Waals surface area (Å²) in [5, 5.41) is 0. The summed E-state index contributed by atoms with van der Waals surface area (Å²) in [5.74, 6) is -0.581. The minimum atomic E-state index is -0.567. The average molecular weight is 538 g/mol. The molecule has 2 aromatic heterocycles. The van der Waals surface area contributed by atoms with E-state index in [1.165, 1.54) is 43.9 Å². The number of hydrogen-bond acceptors (Lipinski definition) is 6. The van der Waals surface area contributed by atoms with Crippen LogP contribution in [0, 0.1) is 24.1 Å². The molecule has 0 spiro atoms. The molecule has 6 rings (SSSR count). The largest absolute Gasteiger partial charge is 0.496 e. The molecule has 1 aliphatic heterocycles. The van der Waals surface area contributed by atoms with Crippen molar-refractivity contribution < 1.29 is 18.3 Å². The van der Waals surface area contributed by atoms with Crippen molar-refractivity contribution in [1.82, 2.24) is 15.0 Å². The predicted molar refractivity (Wildman–Crippen MR) is 146 cm³/mol. The van der Waals surface area contributed by atoms with Crippen molar-refractivity contribution in [2.24, 2.45) is 5.92 Å². The van der Waals surface area contributed by atoms with Gasteiger partial charge in [0.05, 0.1) is 24.9 Å². The Morgan fingerprint density at radius 2 is 2.00 bits per heavy atom.